The minimum absolute atomic E-state index is 0.00463. The zero-order valence-electron chi connectivity index (χ0n) is 11.3. The van der Waals surface area contributed by atoms with Gasteiger partial charge in [-0.25, -0.2) is 0 Å². The van der Waals surface area contributed by atoms with Crippen molar-refractivity contribution in [2.24, 2.45) is 5.92 Å². The van der Waals surface area contributed by atoms with E-state index in [-0.39, 0.29) is 12.5 Å². The van der Waals surface area contributed by atoms with Gasteiger partial charge < -0.3 is 15.4 Å². The number of para-hydroxylation sites is 2. The predicted octanol–water partition coefficient (Wildman–Crippen LogP) is 2.27. The van der Waals surface area contributed by atoms with Crippen molar-refractivity contribution in [2.45, 2.75) is 20.8 Å². The lowest BCUT2D eigenvalue weighted by Crippen LogP contribution is -2.32. The van der Waals surface area contributed by atoms with Crippen LogP contribution in [0.5, 0.6) is 5.75 Å². The molecule has 0 aliphatic rings. The molecule has 18 heavy (non-hydrogen) atoms. The number of hydrogen-bond acceptors (Lipinski definition) is 3. The van der Waals surface area contributed by atoms with Crippen LogP contribution in [0.2, 0.25) is 0 Å². The molecule has 1 aromatic rings. The molecule has 0 aromatic heterocycles. The van der Waals surface area contributed by atoms with Crippen LogP contribution < -0.4 is 15.4 Å². The summed E-state index contributed by atoms with van der Waals surface area (Å²) in [6.45, 7) is 7.64. The lowest BCUT2D eigenvalue weighted by atomic mass is 10.2. The van der Waals surface area contributed by atoms with Crippen LogP contribution in [0, 0.1) is 5.92 Å². The summed E-state index contributed by atoms with van der Waals surface area (Å²) < 4.78 is 5.47. The number of amides is 1. The average Bonchev–Trinajstić information content (AvgIpc) is 2.35. The maximum Gasteiger partial charge on any atom is 0.239 e. The molecule has 0 aliphatic heterocycles. The molecule has 1 rings (SSSR count). The summed E-state index contributed by atoms with van der Waals surface area (Å²) in [6, 6.07) is 7.62. The van der Waals surface area contributed by atoms with Crippen molar-refractivity contribution in [1.29, 1.82) is 0 Å². The fourth-order valence-corrected chi connectivity index (χ4v) is 1.45. The highest BCUT2D eigenvalue weighted by Crippen LogP contribution is 2.23. The minimum atomic E-state index is -0.00463. The van der Waals surface area contributed by atoms with E-state index in [0.717, 1.165) is 11.4 Å². The Hall–Kier alpha value is -1.71. The second kappa shape index (κ2) is 7.58. The lowest BCUT2D eigenvalue weighted by molar-refractivity contribution is -0.119. The molecule has 4 nitrogen and oxygen atoms in total. The Kier molecular flexibility index (Phi) is 6.05. The molecule has 0 saturated carbocycles. The molecular formula is C14H22N2O2. The van der Waals surface area contributed by atoms with Crippen molar-refractivity contribution in [3.8, 4) is 5.75 Å². The van der Waals surface area contributed by atoms with E-state index in [2.05, 4.69) is 24.5 Å². The third kappa shape index (κ3) is 5.08. The van der Waals surface area contributed by atoms with Gasteiger partial charge in [-0.3, -0.25) is 4.79 Å². The SMILES string of the molecule is CCOc1ccccc1NCC(=O)NCC(C)C. The Balaban J connectivity index is 2.45. The molecule has 0 unspecified atom stereocenters. The van der Waals surface area contributed by atoms with Gasteiger partial charge in [0.2, 0.25) is 5.91 Å². The summed E-state index contributed by atoms with van der Waals surface area (Å²) in [6.07, 6.45) is 0. The summed E-state index contributed by atoms with van der Waals surface area (Å²) in [5, 5.41) is 5.95. The Morgan fingerprint density at radius 2 is 2.06 bits per heavy atom. The molecular weight excluding hydrogens is 228 g/mol. The van der Waals surface area contributed by atoms with Crippen LogP contribution in [0.25, 0.3) is 0 Å². The number of carbonyl (C=O) groups is 1. The van der Waals surface area contributed by atoms with Crippen molar-refractivity contribution in [2.75, 3.05) is 25.0 Å². The molecule has 1 aromatic carbocycles. The standard InChI is InChI=1S/C14H22N2O2/c1-4-18-13-8-6-5-7-12(13)15-10-14(17)16-9-11(2)3/h5-8,11,15H,4,9-10H2,1-3H3,(H,16,17). The molecule has 0 saturated heterocycles. The molecule has 0 heterocycles. The van der Waals surface area contributed by atoms with Gasteiger partial charge in [-0.1, -0.05) is 26.0 Å². The van der Waals surface area contributed by atoms with Crippen molar-refractivity contribution in [3.63, 3.8) is 0 Å². The molecule has 2 N–H and O–H groups in total. The maximum atomic E-state index is 11.6. The number of nitrogens with one attached hydrogen (secondary N) is 2. The summed E-state index contributed by atoms with van der Waals surface area (Å²) in [5.41, 5.74) is 0.846. The van der Waals surface area contributed by atoms with E-state index in [9.17, 15) is 4.79 Å². The van der Waals surface area contributed by atoms with Gasteiger partial charge in [-0.05, 0) is 25.0 Å². The van der Waals surface area contributed by atoms with Gasteiger partial charge in [0, 0.05) is 6.54 Å². The quantitative estimate of drug-likeness (QED) is 0.780. The highest BCUT2D eigenvalue weighted by atomic mass is 16.5. The van der Waals surface area contributed by atoms with Gasteiger partial charge in [0.05, 0.1) is 18.8 Å². The van der Waals surface area contributed by atoms with Gasteiger partial charge in [-0.2, -0.15) is 0 Å². The van der Waals surface area contributed by atoms with Gasteiger partial charge in [0.25, 0.3) is 0 Å². The minimum Gasteiger partial charge on any atom is -0.492 e. The fraction of sp³-hybridized carbons (Fsp3) is 0.500. The van der Waals surface area contributed by atoms with Crippen molar-refractivity contribution >= 4 is 11.6 Å². The lowest BCUT2D eigenvalue weighted by Gasteiger charge is -2.12. The number of ether oxygens (including phenoxy) is 1. The largest absolute Gasteiger partial charge is 0.492 e. The summed E-state index contributed by atoms with van der Waals surface area (Å²) in [4.78, 5) is 11.6. The molecule has 0 atom stereocenters. The zero-order valence-corrected chi connectivity index (χ0v) is 11.3. The van der Waals surface area contributed by atoms with Crippen LogP contribution in [0.4, 0.5) is 5.69 Å². The molecule has 100 valence electrons. The van der Waals surface area contributed by atoms with E-state index in [1.807, 2.05) is 31.2 Å². The van der Waals surface area contributed by atoms with Crippen molar-refractivity contribution < 1.29 is 9.53 Å². The van der Waals surface area contributed by atoms with Gasteiger partial charge in [0.1, 0.15) is 5.75 Å². The predicted molar refractivity (Wildman–Crippen MR) is 73.9 cm³/mol. The number of anilines is 1. The molecule has 0 radical (unpaired) electrons. The fourth-order valence-electron chi connectivity index (χ4n) is 1.45. The first kappa shape index (κ1) is 14.4. The maximum absolute atomic E-state index is 11.6. The molecule has 1 amide bonds. The van der Waals surface area contributed by atoms with E-state index >= 15 is 0 Å². The summed E-state index contributed by atoms with van der Waals surface area (Å²) >= 11 is 0. The highest BCUT2D eigenvalue weighted by molar-refractivity contribution is 5.81. The van der Waals surface area contributed by atoms with Gasteiger partial charge in [0.15, 0.2) is 0 Å². The monoisotopic (exact) mass is 250 g/mol. The topological polar surface area (TPSA) is 50.4 Å². The van der Waals surface area contributed by atoms with E-state index in [4.69, 9.17) is 4.74 Å². The highest BCUT2D eigenvalue weighted by Gasteiger charge is 2.05. The molecule has 0 fully saturated rings. The third-order valence-corrected chi connectivity index (χ3v) is 2.33. The summed E-state index contributed by atoms with van der Waals surface area (Å²) in [5.74, 6) is 1.23. The van der Waals surface area contributed by atoms with E-state index < -0.39 is 0 Å². The van der Waals surface area contributed by atoms with Gasteiger partial charge in [-0.15, -0.1) is 0 Å². The Bertz CT molecular complexity index is 378. The van der Waals surface area contributed by atoms with Crippen LogP contribution >= 0.6 is 0 Å². The molecule has 0 aliphatic carbocycles. The van der Waals surface area contributed by atoms with Crippen LogP contribution in [0.15, 0.2) is 24.3 Å². The van der Waals surface area contributed by atoms with Crippen molar-refractivity contribution in [3.05, 3.63) is 24.3 Å². The van der Waals surface area contributed by atoms with Crippen LogP contribution in [-0.2, 0) is 4.79 Å². The van der Waals surface area contributed by atoms with E-state index in [1.165, 1.54) is 0 Å². The Morgan fingerprint density at radius 1 is 1.33 bits per heavy atom. The Labute approximate surface area is 109 Å². The second-order valence-electron chi connectivity index (χ2n) is 4.48. The number of hydrogen-bond donors (Lipinski definition) is 2. The number of rotatable bonds is 7. The molecule has 4 heteroatoms. The van der Waals surface area contributed by atoms with Crippen molar-refractivity contribution in [1.82, 2.24) is 5.32 Å². The number of benzene rings is 1. The smallest absolute Gasteiger partial charge is 0.239 e. The zero-order chi connectivity index (χ0) is 13.4. The van der Waals surface area contributed by atoms with Crippen LogP contribution in [0.1, 0.15) is 20.8 Å². The van der Waals surface area contributed by atoms with Crippen LogP contribution in [0.3, 0.4) is 0 Å². The van der Waals surface area contributed by atoms with Crippen LogP contribution in [-0.4, -0.2) is 25.6 Å². The van der Waals surface area contributed by atoms with Gasteiger partial charge >= 0.3 is 0 Å². The first-order valence-electron chi connectivity index (χ1n) is 6.35. The molecule has 0 spiro atoms. The number of carbonyl (C=O) groups excluding carboxylic acids is 1. The normalized spacial score (nSPS) is 10.2. The second-order valence-corrected chi connectivity index (χ2v) is 4.48. The Morgan fingerprint density at radius 3 is 2.72 bits per heavy atom. The van der Waals surface area contributed by atoms with E-state index in [1.54, 1.807) is 0 Å². The summed E-state index contributed by atoms with van der Waals surface area (Å²) in [7, 11) is 0. The first-order chi connectivity index (χ1) is 8.63. The first-order valence-corrected chi connectivity index (χ1v) is 6.35. The third-order valence-electron chi connectivity index (χ3n) is 2.33. The molecule has 0 bridgehead atoms. The van der Waals surface area contributed by atoms with E-state index in [0.29, 0.717) is 19.1 Å². The average molecular weight is 250 g/mol.